The van der Waals surface area contributed by atoms with Crippen LogP contribution in [-0.2, 0) is 0 Å². The van der Waals surface area contributed by atoms with E-state index in [1.165, 1.54) is 11.8 Å². The zero-order valence-electron chi connectivity index (χ0n) is 15.2. The van der Waals surface area contributed by atoms with Gasteiger partial charge in [0.25, 0.3) is 11.5 Å². The first-order valence-corrected chi connectivity index (χ1v) is 9.21. The maximum absolute atomic E-state index is 12.6. The molecule has 3 heterocycles. The standard InChI is InChI=1S/C21H22N4O2/c1-14-4-2-5-16(12-14)18-13-23-24-19(18)15-7-10-25(11-8-15)21(27)17-6-3-9-22-20(17)26/h2-6,9,12-13,15H,7-8,10-11H2,1H3,(H,22,26)(H,23,24). The number of rotatable bonds is 3. The van der Waals surface area contributed by atoms with Crippen LogP contribution in [0, 0.1) is 6.92 Å². The number of aromatic amines is 2. The third-order valence-corrected chi connectivity index (χ3v) is 5.24. The monoisotopic (exact) mass is 362 g/mol. The number of piperidine rings is 1. The van der Waals surface area contributed by atoms with E-state index >= 15 is 0 Å². The smallest absolute Gasteiger partial charge is 0.260 e. The lowest BCUT2D eigenvalue weighted by Gasteiger charge is -2.31. The van der Waals surface area contributed by atoms with Gasteiger partial charge in [-0.25, -0.2) is 0 Å². The zero-order chi connectivity index (χ0) is 18.8. The Labute approximate surface area is 157 Å². The summed E-state index contributed by atoms with van der Waals surface area (Å²) in [5, 5.41) is 7.44. The molecule has 6 heteroatoms. The molecule has 138 valence electrons. The first-order valence-electron chi connectivity index (χ1n) is 9.21. The molecule has 0 aliphatic carbocycles. The van der Waals surface area contributed by atoms with E-state index < -0.39 is 0 Å². The maximum atomic E-state index is 12.6. The minimum absolute atomic E-state index is 0.196. The molecular weight excluding hydrogens is 340 g/mol. The molecule has 0 radical (unpaired) electrons. The second-order valence-electron chi connectivity index (χ2n) is 7.05. The van der Waals surface area contributed by atoms with Gasteiger partial charge >= 0.3 is 0 Å². The molecular formula is C21H22N4O2. The molecule has 0 bridgehead atoms. The highest BCUT2D eigenvalue weighted by atomic mass is 16.2. The molecule has 1 aliphatic heterocycles. The van der Waals surface area contributed by atoms with E-state index in [0.29, 0.717) is 19.0 Å². The van der Waals surface area contributed by atoms with Crippen LogP contribution in [0.15, 0.2) is 53.6 Å². The summed E-state index contributed by atoms with van der Waals surface area (Å²) >= 11 is 0. The Morgan fingerprint density at radius 1 is 1.19 bits per heavy atom. The van der Waals surface area contributed by atoms with E-state index in [0.717, 1.165) is 29.7 Å². The third-order valence-electron chi connectivity index (χ3n) is 5.24. The summed E-state index contributed by atoms with van der Waals surface area (Å²) in [5.41, 5.74) is 4.51. The van der Waals surface area contributed by atoms with Crippen LogP contribution in [0.25, 0.3) is 11.1 Å². The molecule has 2 N–H and O–H groups in total. The second-order valence-corrected chi connectivity index (χ2v) is 7.05. The number of nitrogens with one attached hydrogen (secondary N) is 2. The van der Waals surface area contributed by atoms with Crippen LogP contribution in [0.5, 0.6) is 0 Å². The van der Waals surface area contributed by atoms with Crippen molar-refractivity contribution in [2.45, 2.75) is 25.7 Å². The lowest BCUT2D eigenvalue weighted by Crippen LogP contribution is -2.40. The lowest BCUT2D eigenvalue weighted by molar-refractivity contribution is 0.0710. The van der Waals surface area contributed by atoms with Gasteiger partial charge in [-0.1, -0.05) is 29.8 Å². The molecule has 1 saturated heterocycles. The number of nitrogens with zero attached hydrogens (tertiary/aromatic N) is 2. The average Bonchev–Trinajstić information content (AvgIpc) is 3.18. The van der Waals surface area contributed by atoms with Crippen LogP contribution in [0.1, 0.15) is 40.4 Å². The molecule has 0 atom stereocenters. The van der Waals surface area contributed by atoms with Crippen molar-refractivity contribution in [1.29, 1.82) is 0 Å². The molecule has 0 unspecified atom stereocenters. The molecule has 1 fully saturated rings. The fourth-order valence-electron chi connectivity index (χ4n) is 3.78. The SMILES string of the molecule is Cc1cccc(-c2cn[nH]c2C2CCN(C(=O)c3ccc[nH]c3=O)CC2)c1. The van der Waals surface area contributed by atoms with Gasteiger partial charge in [0.1, 0.15) is 5.56 Å². The number of likely N-dealkylation sites (tertiary alicyclic amines) is 1. The van der Waals surface area contributed by atoms with Gasteiger partial charge < -0.3 is 9.88 Å². The number of carbonyl (C=O) groups excluding carboxylic acids is 1. The summed E-state index contributed by atoms with van der Waals surface area (Å²) in [4.78, 5) is 28.8. The predicted molar refractivity (Wildman–Crippen MR) is 104 cm³/mol. The predicted octanol–water partition coefficient (Wildman–Crippen LogP) is 3.09. The normalized spacial score (nSPS) is 15.1. The molecule has 0 spiro atoms. The quantitative estimate of drug-likeness (QED) is 0.751. The van der Waals surface area contributed by atoms with Gasteiger partial charge in [-0.2, -0.15) is 5.10 Å². The molecule has 1 aliphatic rings. The highest BCUT2D eigenvalue weighted by molar-refractivity contribution is 5.93. The van der Waals surface area contributed by atoms with Crippen molar-refractivity contribution in [3.63, 3.8) is 0 Å². The third kappa shape index (κ3) is 3.43. The van der Waals surface area contributed by atoms with E-state index in [4.69, 9.17) is 0 Å². The topological polar surface area (TPSA) is 81.8 Å². The van der Waals surface area contributed by atoms with Crippen molar-refractivity contribution in [1.82, 2.24) is 20.1 Å². The molecule has 1 amide bonds. The van der Waals surface area contributed by atoms with Crippen LogP contribution >= 0.6 is 0 Å². The van der Waals surface area contributed by atoms with Gasteiger partial charge in [0, 0.05) is 36.5 Å². The first kappa shape index (κ1) is 17.3. The van der Waals surface area contributed by atoms with Crippen LogP contribution in [0.4, 0.5) is 0 Å². The Morgan fingerprint density at radius 2 is 2.00 bits per heavy atom. The van der Waals surface area contributed by atoms with Crippen LogP contribution in [0.3, 0.4) is 0 Å². The van der Waals surface area contributed by atoms with Crippen molar-refractivity contribution in [3.05, 3.63) is 76.0 Å². The summed E-state index contributed by atoms with van der Waals surface area (Å²) < 4.78 is 0. The van der Waals surface area contributed by atoms with Crippen molar-refractivity contribution in [3.8, 4) is 11.1 Å². The Bertz CT molecular complexity index is 1010. The van der Waals surface area contributed by atoms with E-state index in [9.17, 15) is 9.59 Å². The van der Waals surface area contributed by atoms with Gasteiger partial charge in [-0.15, -0.1) is 0 Å². The number of aryl methyl sites for hydroxylation is 1. The van der Waals surface area contributed by atoms with Gasteiger partial charge in [-0.3, -0.25) is 14.7 Å². The first-order chi connectivity index (χ1) is 13.1. The number of carbonyl (C=O) groups is 1. The molecule has 6 nitrogen and oxygen atoms in total. The van der Waals surface area contributed by atoms with E-state index in [-0.39, 0.29) is 17.0 Å². The number of hydrogen-bond donors (Lipinski definition) is 2. The van der Waals surface area contributed by atoms with Crippen molar-refractivity contribution < 1.29 is 4.79 Å². The highest BCUT2D eigenvalue weighted by Crippen LogP contribution is 2.34. The van der Waals surface area contributed by atoms with E-state index in [2.05, 4.69) is 46.4 Å². The van der Waals surface area contributed by atoms with E-state index in [1.807, 2.05) is 6.20 Å². The zero-order valence-corrected chi connectivity index (χ0v) is 15.2. The van der Waals surface area contributed by atoms with Gasteiger partial charge in [0.2, 0.25) is 0 Å². The lowest BCUT2D eigenvalue weighted by atomic mass is 9.89. The largest absolute Gasteiger partial charge is 0.338 e. The molecule has 27 heavy (non-hydrogen) atoms. The summed E-state index contributed by atoms with van der Waals surface area (Å²) in [7, 11) is 0. The van der Waals surface area contributed by atoms with Crippen molar-refractivity contribution in [2.24, 2.45) is 0 Å². The van der Waals surface area contributed by atoms with Gasteiger partial charge in [-0.05, 0) is 37.5 Å². The van der Waals surface area contributed by atoms with E-state index in [1.54, 1.807) is 17.0 Å². The molecule has 1 aromatic carbocycles. The summed E-state index contributed by atoms with van der Waals surface area (Å²) in [6, 6.07) is 11.7. The number of pyridine rings is 1. The number of H-pyrrole nitrogens is 2. The Balaban J connectivity index is 1.49. The minimum atomic E-state index is -0.333. The Morgan fingerprint density at radius 3 is 2.74 bits per heavy atom. The summed E-state index contributed by atoms with van der Waals surface area (Å²) in [6.45, 7) is 3.34. The summed E-state index contributed by atoms with van der Waals surface area (Å²) in [5.74, 6) is 0.125. The van der Waals surface area contributed by atoms with Crippen molar-refractivity contribution >= 4 is 5.91 Å². The Hall–Kier alpha value is -3.15. The number of amides is 1. The number of benzene rings is 1. The minimum Gasteiger partial charge on any atom is -0.338 e. The Kier molecular flexibility index (Phi) is 4.62. The molecule has 2 aromatic heterocycles. The average molecular weight is 362 g/mol. The maximum Gasteiger partial charge on any atom is 0.260 e. The molecule has 3 aromatic rings. The summed E-state index contributed by atoms with van der Waals surface area (Å²) in [6.07, 6.45) is 5.11. The molecule has 4 rings (SSSR count). The fraction of sp³-hybridized carbons (Fsp3) is 0.286. The number of hydrogen-bond acceptors (Lipinski definition) is 3. The van der Waals surface area contributed by atoms with Crippen LogP contribution in [0.2, 0.25) is 0 Å². The van der Waals surface area contributed by atoms with Gasteiger partial charge in [0.05, 0.1) is 6.20 Å². The fourth-order valence-corrected chi connectivity index (χ4v) is 3.78. The van der Waals surface area contributed by atoms with Gasteiger partial charge in [0.15, 0.2) is 0 Å². The second kappa shape index (κ2) is 7.23. The van der Waals surface area contributed by atoms with Crippen LogP contribution in [-0.4, -0.2) is 39.1 Å². The van der Waals surface area contributed by atoms with Crippen molar-refractivity contribution in [2.75, 3.05) is 13.1 Å². The number of aromatic nitrogens is 3. The molecule has 0 saturated carbocycles. The highest BCUT2D eigenvalue weighted by Gasteiger charge is 2.28. The van der Waals surface area contributed by atoms with Crippen LogP contribution < -0.4 is 5.56 Å².